The lowest BCUT2D eigenvalue weighted by Crippen LogP contribution is -2.16. The molecule has 1 aliphatic carbocycles. The number of aliphatic hydroxyl groups excluding tert-OH is 1. The van der Waals surface area contributed by atoms with Crippen LogP contribution in [0.25, 0.3) is 0 Å². The Morgan fingerprint density at radius 3 is 2.07 bits per heavy atom. The summed E-state index contributed by atoms with van der Waals surface area (Å²) in [5.41, 5.74) is 1.35. The Labute approximate surface area is 90.6 Å². The first-order chi connectivity index (χ1) is 6.98. The summed E-state index contributed by atoms with van der Waals surface area (Å²) in [5, 5.41) is 19.1. The van der Waals surface area contributed by atoms with Crippen molar-refractivity contribution in [3.63, 3.8) is 0 Å². The molecule has 0 aromatic heterocycles. The Kier molecular flexibility index (Phi) is 2.36. The summed E-state index contributed by atoms with van der Waals surface area (Å²) >= 11 is 0. The lowest BCUT2D eigenvalue weighted by Gasteiger charge is -2.19. The molecule has 0 aliphatic heterocycles. The van der Waals surface area contributed by atoms with E-state index in [1.807, 2.05) is 24.3 Å². The molecule has 1 saturated carbocycles. The van der Waals surface area contributed by atoms with Crippen molar-refractivity contribution in [3.8, 4) is 0 Å². The largest absolute Gasteiger partial charge is 0.395 e. The number of hydrogen-bond donors (Lipinski definition) is 2. The second-order valence-electron chi connectivity index (χ2n) is 5.07. The third kappa shape index (κ3) is 1.92. The molecule has 1 fully saturated rings. The Morgan fingerprint density at radius 1 is 1.20 bits per heavy atom. The van der Waals surface area contributed by atoms with Gasteiger partial charge in [0.25, 0.3) is 0 Å². The van der Waals surface area contributed by atoms with Crippen molar-refractivity contribution in [3.05, 3.63) is 35.4 Å². The maximum absolute atomic E-state index is 9.81. The van der Waals surface area contributed by atoms with Crippen LogP contribution in [0.2, 0.25) is 0 Å². The summed E-state index contributed by atoms with van der Waals surface area (Å²) in [5.74, 6) is 0. The van der Waals surface area contributed by atoms with Gasteiger partial charge in [-0.25, -0.2) is 0 Å². The highest BCUT2D eigenvalue weighted by Gasteiger charge is 2.43. The number of benzene rings is 1. The van der Waals surface area contributed by atoms with Gasteiger partial charge in [0.1, 0.15) is 0 Å². The van der Waals surface area contributed by atoms with Gasteiger partial charge in [-0.3, -0.25) is 0 Å². The molecule has 0 spiro atoms. The summed E-state index contributed by atoms with van der Waals surface area (Å²) in [6.07, 6.45) is 2.15. The quantitative estimate of drug-likeness (QED) is 0.793. The van der Waals surface area contributed by atoms with Crippen LogP contribution in [0.4, 0.5) is 0 Å². The third-order valence-corrected chi connectivity index (χ3v) is 3.36. The molecule has 0 radical (unpaired) electrons. The smallest absolute Gasteiger partial charge is 0.0840 e. The van der Waals surface area contributed by atoms with Crippen molar-refractivity contribution >= 4 is 0 Å². The van der Waals surface area contributed by atoms with Crippen LogP contribution in [0.1, 0.15) is 37.8 Å². The SMILES string of the molecule is CC(C)(O)c1ccc(C2(CO)CC2)cc1. The van der Waals surface area contributed by atoms with Crippen LogP contribution in [0.5, 0.6) is 0 Å². The van der Waals surface area contributed by atoms with Gasteiger partial charge in [-0.1, -0.05) is 24.3 Å². The molecule has 0 heterocycles. The highest BCUT2D eigenvalue weighted by atomic mass is 16.3. The van der Waals surface area contributed by atoms with Gasteiger partial charge < -0.3 is 10.2 Å². The van der Waals surface area contributed by atoms with Crippen LogP contribution >= 0.6 is 0 Å². The molecule has 82 valence electrons. The van der Waals surface area contributed by atoms with Gasteiger partial charge in [-0.15, -0.1) is 0 Å². The molecule has 0 unspecified atom stereocenters. The maximum Gasteiger partial charge on any atom is 0.0840 e. The van der Waals surface area contributed by atoms with E-state index >= 15 is 0 Å². The lowest BCUT2D eigenvalue weighted by atomic mass is 9.92. The molecule has 1 aromatic rings. The van der Waals surface area contributed by atoms with Gasteiger partial charge in [0, 0.05) is 5.41 Å². The van der Waals surface area contributed by atoms with Crippen LogP contribution in [-0.2, 0) is 11.0 Å². The van der Waals surface area contributed by atoms with Gasteiger partial charge in [-0.05, 0) is 37.8 Å². The fourth-order valence-corrected chi connectivity index (χ4v) is 1.92. The Morgan fingerprint density at radius 2 is 1.73 bits per heavy atom. The molecule has 0 atom stereocenters. The first-order valence-corrected chi connectivity index (χ1v) is 5.42. The summed E-state index contributed by atoms with van der Waals surface area (Å²) in [6, 6.07) is 7.95. The van der Waals surface area contributed by atoms with Gasteiger partial charge in [0.2, 0.25) is 0 Å². The van der Waals surface area contributed by atoms with Crippen molar-refractivity contribution in [1.82, 2.24) is 0 Å². The molecule has 2 nitrogen and oxygen atoms in total. The van der Waals surface area contributed by atoms with E-state index in [2.05, 4.69) is 0 Å². The number of hydrogen-bond acceptors (Lipinski definition) is 2. The van der Waals surface area contributed by atoms with Crippen LogP contribution < -0.4 is 0 Å². The summed E-state index contributed by atoms with van der Waals surface area (Å²) < 4.78 is 0. The first-order valence-electron chi connectivity index (χ1n) is 5.42. The van der Waals surface area contributed by atoms with E-state index in [-0.39, 0.29) is 12.0 Å². The van der Waals surface area contributed by atoms with Crippen molar-refractivity contribution in [2.75, 3.05) is 6.61 Å². The van der Waals surface area contributed by atoms with E-state index in [0.717, 1.165) is 18.4 Å². The number of aliphatic hydroxyl groups is 2. The predicted molar refractivity (Wildman–Crippen MR) is 59.7 cm³/mol. The van der Waals surface area contributed by atoms with Gasteiger partial charge >= 0.3 is 0 Å². The summed E-state index contributed by atoms with van der Waals surface area (Å²) in [7, 11) is 0. The minimum Gasteiger partial charge on any atom is -0.395 e. The summed E-state index contributed by atoms with van der Waals surface area (Å²) in [4.78, 5) is 0. The molecule has 0 saturated heterocycles. The zero-order chi connectivity index (χ0) is 11.1. The van der Waals surface area contributed by atoms with Crippen LogP contribution in [0, 0.1) is 0 Å². The Bertz CT molecular complexity index is 342. The van der Waals surface area contributed by atoms with Crippen LogP contribution in [0.3, 0.4) is 0 Å². The Hall–Kier alpha value is -0.860. The van der Waals surface area contributed by atoms with E-state index in [0.29, 0.717) is 0 Å². The third-order valence-electron chi connectivity index (χ3n) is 3.36. The molecule has 1 aromatic carbocycles. The highest BCUT2D eigenvalue weighted by molar-refractivity contribution is 5.35. The van der Waals surface area contributed by atoms with E-state index in [4.69, 9.17) is 0 Å². The average molecular weight is 206 g/mol. The molecular weight excluding hydrogens is 188 g/mol. The zero-order valence-corrected chi connectivity index (χ0v) is 9.33. The van der Waals surface area contributed by atoms with Crippen molar-refractivity contribution < 1.29 is 10.2 Å². The molecular formula is C13H18O2. The zero-order valence-electron chi connectivity index (χ0n) is 9.33. The van der Waals surface area contributed by atoms with Crippen molar-refractivity contribution in [1.29, 1.82) is 0 Å². The van der Waals surface area contributed by atoms with Crippen molar-refractivity contribution in [2.45, 2.75) is 37.7 Å². The minimum atomic E-state index is -0.783. The standard InChI is InChI=1S/C13H18O2/c1-12(2,15)10-3-5-11(6-4-10)13(9-14)7-8-13/h3-6,14-15H,7-9H2,1-2H3. The minimum absolute atomic E-state index is 0.0259. The second kappa shape index (κ2) is 3.32. The molecule has 15 heavy (non-hydrogen) atoms. The van der Waals surface area contributed by atoms with Crippen LogP contribution in [-0.4, -0.2) is 16.8 Å². The van der Waals surface area contributed by atoms with E-state index in [1.165, 1.54) is 5.56 Å². The molecule has 2 rings (SSSR count). The van der Waals surface area contributed by atoms with E-state index in [9.17, 15) is 10.2 Å². The topological polar surface area (TPSA) is 40.5 Å². The predicted octanol–water partition coefficient (Wildman–Crippen LogP) is 1.94. The molecule has 0 bridgehead atoms. The van der Waals surface area contributed by atoms with Crippen LogP contribution in [0.15, 0.2) is 24.3 Å². The second-order valence-corrected chi connectivity index (χ2v) is 5.07. The monoisotopic (exact) mass is 206 g/mol. The molecule has 2 heteroatoms. The molecule has 2 N–H and O–H groups in total. The fraction of sp³-hybridized carbons (Fsp3) is 0.538. The summed E-state index contributed by atoms with van der Waals surface area (Å²) in [6.45, 7) is 3.79. The lowest BCUT2D eigenvalue weighted by molar-refractivity contribution is 0.0785. The first kappa shape index (κ1) is 10.7. The van der Waals surface area contributed by atoms with E-state index in [1.54, 1.807) is 13.8 Å². The average Bonchev–Trinajstić information content (AvgIpc) is 2.97. The van der Waals surface area contributed by atoms with Gasteiger partial charge in [0.05, 0.1) is 12.2 Å². The highest BCUT2D eigenvalue weighted by Crippen LogP contribution is 2.47. The molecule has 1 aliphatic rings. The van der Waals surface area contributed by atoms with Gasteiger partial charge in [0.15, 0.2) is 0 Å². The maximum atomic E-state index is 9.81. The fourth-order valence-electron chi connectivity index (χ4n) is 1.92. The number of rotatable bonds is 3. The van der Waals surface area contributed by atoms with Crippen molar-refractivity contribution in [2.24, 2.45) is 0 Å². The van der Waals surface area contributed by atoms with E-state index < -0.39 is 5.60 Å². The van der Waals surface area contributed by atoms with Gasteiger partial charge in [-0.2, -0.15) is 0 Å². The Balaban J connectivity index is 2.25. The normalized spacial score (nSPS) is 18.9. The molecule has 0 amide bonds.